The molecular weight excluding hydrogens is 236 g/mol. The van der Waals surface area contributed by atoms with E-state index in [1.807, 2.05) is 0 Å². The number of aromatic nitrogens is 2. The highest BCUT2D eigenvalue weighted by Gasteiger charge is 2.07. The van der Waals surface area contributed by atoms with Gasteiger partial charge in [-0.3, -0.25) is 9.59 Å². The molecule has 0 bridgehead atoms. The van der Waals surface area contributed by atoms with Crippen LogP contribution in [-0.2, 0) is 22.7 Å². The second-order valence-corrected chi connectivity index (χ2v) is 3.18. The summed E-state index contributed by atoms with van der Waals surface area (Å²) in [5, 5.41) is 16.9. The molecule has 0 aliphatic heterocycles. The van der Waals surface area contributed by atoms with Crippen molar-refractivity contribution in [2.24, 2.45) is 0 Å². The summed E-state index contributed by atoms with van der Waals surface area (Å²) in [4.78, 5) is 20.6. The number of carboxylic acids is 2. The van der Waals surface area contributed by atoms with Gasteiger partial charge in [0.1, 0.15) is 25.5 Å². The summed E-state index contributed by atoms with van der Waals surface area (Å²) in [6.45, 7) is 0.796. The van der Waals surface area contributed by atoms with Gasteiger partial charge >= 0.3 is 11.9 Å². The Hall–Kier alpha value is -1.56. The van der Waals surface area contributed by atoms with Crippen LogP contribution in [0.25, 0.3) is 0 Å². The molecule has 0 aliphatic rings. The zero-order chi connectivity index (χ0) is 11.3. The predicted molar refractivity (Wildman–Crippen MR) is 49.1 cm³/mol. The van der Waals surface area contributed by atoms with Gasteiger partial charge in [0.2, 0.25) is 6.33 Å². The quantitative estimate of drug-likeness (QED) is 0.518. The molecule has 1 aromatic rings. The number of imidazole rings is 1. The molecule has 0 aliphatic carbocycles. The van der Waals surface area contributed by atoms with Crippen molar-refractivity contribution in [3.05, 3.63) is 18.7 Å². The fourth-order valence-corrected chi connectivity index (χ4v) is 1.15. The van der Waals surface area contributed by atoms with Gasteiger partial charge in [0.25, 0.3) is 0 Å². The molecule has 0 fully saturated rings. The lowest BCUT2D eigenvalue weighted by Gasteiger charge is -1.92. The number of halogens is 1. The minimum absolute atomic E-state index is 0. The van der Waals surface area contributed by atoms with E-state index in [9.17, 15) is 9.59 Å². The van der Waals surface area contributed by atoms with Gasteiger partial charge in [0.05, 0.1) is 12.8 Å². The first-order valence-electron chi connectivity index (χ1n) is 4.56. The molecule has 0 unspecified atom stereocenters. The van der Waals surface area contributed by atoms with E-state index in [0.29, 0.717) is 13.1 Å². The summed E-state index contributed by atoms with van der Waals surface area (Å²) in [5.74, 6) is -1.69. The summed E-state index contributed by atoms with van der Waals surface area (Å²) < 4.78 is 3.44. The van der Waals surface area contributed by atoms with Crippen molar-refractivity contribution in [2.45, 2.75) is 25.9 Å². The first kappa shape index (κ1) is 14.4. The highest BCUT2D eigenvalue weighted by molar-refractivity contribution is 5.66. The molecule has 0 saturated carbocycles. The predicted octanol–water partition coefficient (Wildman–Crippen LogP) is -3.27. The van der Waals surface area contributed by atoms with E-state index in [-0.39, 0.29) is 25.2 Å². The summed E-state index contributed by atoms with van der Waals surface area (Å²) in [6.07, 6.45) is 5.28. The van der Waals surface area contributed by atoms with Crippen LogP contribution in [0.2, 0.25) is 0 Å². The summed E-state index contributed by atoms with van der Waals surface area (Å²) in [5.41, 5.74) is 0. The van der Waals surface area contributed by atoms with Crippen LogP contribution in [0.3, 0.4) is 0 Å². The van der Waals surface area contributed by atoms with Crippen LogP contribution in [-0.4, -0.2) is 26.7 Å². The third-order valence-corrected chi connectivity index (χ3v) is 1.91. The van der Waals surface area contributed by atoms with Crippen LogP contribution in [0.15, 0.2) is 18.7 Å². The smallest absolute Gasteiger partial charge is 0.307 e. The van der Waals surface area contributed by atoms with E-state index in [4.69, 9.17) is 10.2 Å². The van der Waals surface area contributed by atoms with Gasteiger partial charge in [0, 0.05) is 0 Å². The standard InChI is InChI=1S/C9H12N2O4.ClH/c12-8(13)1-3-10-5-6-11(7-10)4-2-9(14)15;/h5-7H,1-4H2,(H-,12,13,14,15);1H. The van der Waals surface area contributed by atoms with Crippen molar-refractivity contribution in [3.63, 3.8) is 0 Å². The van der Waals surface area contributed by atoms with Crippen molar-refractivity contribution in [3.8, 4) is 0 Å². The Morgan fingerprint density at radius 1 is 1.19 bits per heavy atom. The number of rotatable bonds is 6. The zero-order valence-corrected chi connectivity index (χ0v) is 9.30. The van der Waals surface area contributed by atoms with Gasteiger partial charge in [-0.05, 0) is 0 Å². The number of hydrogen-bond acceptors (Lipinski definition) is 2. The van der Waals surface area contributed by atoms with Crippen LogP contribution in [0.1, 0.15) is 12.8 Å². The fraction of sp³-hybridized carbons (Fsp3) is 0.444. The summed E-state index contributed by atoms with van der Waals surface area (Å²) >= 11 is 0. The lowest BCUT2D eigenvalue weighted by Crippen LogP contribution is -3.00. The Morgan fingerprint density at radius 3 is 2.38 bits per heavy atom. The number of carbonyl (C=O) groups is 2. The van der Waals surface area contributed by atoms with Gasteiger partial charge in [-0.2, -0.15) is 0 Å². The Morgan fingerprint density at radius 2 is 1.81 bits per heavy atom. The summed E-state index contributed by atoms with van der Waals surface area (Å²) in [6, 6.07) is 0. The van der Waals surface area contributed by atoms with E-state index < -0.39 is 11.9 Å². The lowest BCUT2D eigenvalue weighted by atomic mass is 10.4. The molecule has 0 aromatic carbocycles. The highest BCUT2D eigenvalue weighted by Crippen LogP contribution is 1.90. The minimum atomic E-state index is -0.846. The van der Waals surface area contributed by atoms with Crippen LogP contribution in [0, 0.1) is 0 Å². The average Bonchev–Trinajstić information content (AvgIpc) is 2.59. The SMILES string of the molecule is O=C(O)CCn1cc[n+](CCC(=O)O)c1.[Cl-]. The number of hydrogen-bond donors (Lipinski definition) is 2. The van der Waals surface area contributed by atoms with Crippen molar-refractivity contribution in [1.82, 2.24) is 4.57 Å². The van der Waals surface area contributed by atoms with Gasteiger partial charge in [-0.15, -0.1) is 0 Å². The van der Waals surface area contributed by atoms with Crippen molar-refractivity contribution >= 4 is 11.9 Å². The molecule has 1 aromatic heterocycles. The Labute approximate surface area is 98.5 Å². The number of carboxylic acid groups (broad SMARTS) is 2. The second-order valence-electron chi connectivity index (χ2n) is 3.18. The summed E-state index contributed by atoms with van der Waals surface area (Å²) in [7, 11) is 0. The number of nitrogens with zero attached hydrogens (tertiary/aromatic N) is 2. The van der Waals surface area contributed by atoms with E-state index >= 15 is 0 Å². The van der Waals surface area contributed by atoms with Crippen molar-refractivity contribution < 1.29 is 36.8 Å². The first-order chi connectivity index (χ1) is 7.08. The van der Waals surface area contributed by atoms with Crippen LogP contribution in [0.4, 0.5) is 0 Å². The molecule has 0 saturated heterocycles. The Kier molecular flexibility index (Phi) is 6.17. The van der Waals surface area contributed by atoms with Crippen molar-refractivity contribution in [2.75, 3.05) is 0 Å². The molecule has 90 valence electrons. The lowest BCUT2D eigenvalue weighted by molar-refractivity contribution is -0.695. The van der Waals surface area contributed by atoms with Crippen LogP contribution < -0.4 is 17.0 Å². The molecule has 1 heterocycles. The van der Waals surface area contributed by atoms with Gasteiger partial charge in [-0.25, -0.2) is 9.13 Å². The maximum absolute atomic E-state index is 10.3. The largest absolute Gasteiger partial charge is 1.00 e. The third kappa shape index (κ3) is 5.35. The Balaban J connectivity index is 0.00000225. The molecule has 0 atom stereocenters. The van der Waals surface area contributed by atoms with E-state index in [0.717, 1.165) is 0 Å². The third-order valence-electron chi connectivity index (χ3n) is 1.91. The van der Waals surface area contributed by atoms with Crippen molar-refractivity contribution in [1.29, 1.82) is 0 Å². The molecule has 1 rings (SSSR count). The van der Waals surface area contributed by atoms with Crippen LogP contribution in [0.5, 0.6) is 0 Å². The average molecular weight is 249 g/mol. The fourth-order valence-electron chi connectivity index (χ4n) is 1.15. The normalized spacial score (nSPS) is 9.50. The molecule has 6 nitrogen and oxygen atoms in total. The molecule has 16 heavy (non-hydrogen) atoms. The minimum Gasteiger partial charge on any atom is -1.00 e. The molecular formula is C9H13ClN2O4. The zero-order valence-electron chi connectivity index (χ0n) is 8.54. The molecule has 2 N–H and O–H groups in total. The molecule has 7 heteroatoms. The monoisotopic (exact) mass is 248 g/mol. The molecule has 0 amide bonds. The number of aliphatic carboxylic acids is 2. The maximum Gasteiger partial charge on any atom is 0.307 e. The van der Waals surface area contributed by atoms with E-state index in [1.165, 1.54) is 0 Å². The molecule has 0 spiro atoms. The van der Waals surface area contributed by atoms with Gasteiger partial charge in [-0.1, -0.05) is 0 Å². The van der Waals surface area contributed by atoms with E-state index in [1.54, 1.807) is 27.9 Å². The maximum atomic E-state index is 10.3. The van der Waals surface area contributed by atoms with Gasteiger partial charge in [0.15, 0.2) is 0 Å². The highest BCUT2D eigenvalue weighted by atomic mass is 35.5. The second kappa shape index (κ2) is 6.84. The molecule has 0 radical (unpaired) electrons. The van der Waals surface area contributed by atoms with Crippen LogP contribution >= 0.6 is 0 Å². The Bertz CT molecular complexity index is 332. The number of aryl methyl sites for hydroxylation is 2. The van der Waals surface area contributed by atoms with E-state index in [2.05, 4.69) is 0 Å². The topological polar surface area (TPSA) is 83.4 Å². The first-order valence-corrected chi connectivity index (χ1v) is 4.56. The van der Waals surface area contributed by atoms with Gasteiger partial charge < -0.3 is 22.6 Å².